The first kappa shape index (κ1) is 107. The third-order valence-electron chi connectivity index (χ3n) is 36.9. The predicted molar refractivity (Wildman–Crippen MR) is 488 cm³/mol. The summed E-state index contributed by atoms with van der Waals surface area (Å²) in [6, 6.07) is 6.44. The van der Waals surface area contributed by atoms with E-state index >= 15 is 0 Å². The molecule has 9 heterocycles. The van der Waals surface area contributed by atoms with E-state index in [1.165, 1.54) is 0 Å². The Hall–Kier alpha value is -9.07. The molecule has 0 radical (unpaired) electrons. The van der Waals surface area contributed by atoms with E-state index in [1.54, 1.807) is 13.8 Å². The van der Waals surface area contributed by atoms with Gasteiger partial charge in [0, 0.05) is 54.3 Å². The van der Waals surface area contributed by atoms with Crippen LogP contribution in [0.3, 0.4) is 0 Å². The molecule has 0 aromatic heterocycles. The van der Waals surface area contributed by atoms with Gasteiger partial charge in [0.25, 0.3) is 0 Å². The first-order chi connectivity index (χ1) is 65.5. The summed E-state index contributed by atoms with van der Waals surface area (Å²) < 4.78 is 87.9. The molecule has 9 aliphatic heterocycles. The fourth-order valence-electron chi connectivity index (χ4n) is 25.0. The molecule has 21 aliphatic rings. The number of ether oxygens (including phenoxy) is 16. The topological polar surface area (TPSA) is 478 Å². The third-order valence-corrected chi connectivity index (χ3v) is 36.9. The van der Waals surface area contributed by atoms with Crippen molar-refractivity contribution in [3.63, 3.8) is 0 Å². The third kappa shape index (κ3) is 19.6. The lowest BCUT2D eigenvalue weighted by molar-refractivity contribution is -0.209. The molecule has 0 aromatic rings. The van der Waals surface area contributed by atoms with E-state index in [9.17, 15) is 88.0 Å². The molecule has 0 aromatic carbocycles. The average Bonchev–Trinajstić information content (AvgIpc) is 1.54. The van der Waals surface area contributed by atoms with Crippen LogP contribution in [-0.2, 0) is 143 Å². The number of hydrogen-bond donors (Lipinski definition) is 1. The highest BCUT2D eigenvalue weighted by Crippen LogP contribution is 2.67. The lowest BCUT2D eigenvalue weighted by Crippen LogP contribution is -2.54. The average molecular weight is 1960 g/mol. The molecule has 9 saturated heterocycles. The molecule has 1 N–H and O–H groups in total. The van der Waals surface area contributed by atoms with Crippen molar-refractivity contribution in [2.45, 2.75) is 396 Å². The fraction of sp³-hybridized carbons (Fsp3) is 0.840. The summed E-state index contributed by atoms with van der Waals surface area (Å²) in [5.41, 5.74) is -7.61. The van der Waals surface area contributed by atoms with Gasteiger partial charge in [0.1, 0.15) is 84.4 Å². The summed E-state index contributed by atoms with van der Waals surface area (Å²) in [5.74, 6) is -2.31. The quantitative estimate of drug-likeness (QED) is 0.0692. The van der Waals surface area contributed by atoms with Crippen molar-refractivity contribution >= 4 is 83.6 Å². The molecule has 34 heteroatoms. The number of aliphatic hydroxyl groups excluding tert-OH is 1. The van der Waals surface area contributed by atoms with Gasteiger partial charge in [0.2, 0.25) is 0 Å². The lowest BCUT2D eigenvalue weighted by atomic mass is 9.67. The van der Waals surface area contributed by atoms with Gasteiger partial charge >= 0.3 is 83.6 Å². The number of carbonyl (C=O) groups is 14. The number of nitrogens with zero attached hydrogens (tertiary/aromatic N) is 3. The monoisotopic (exact) mass is 1960 g/mol. The van der Waals surface area contributed by atoms with E-state index < -0.39 is 126 Å². The molecular formula is C106H149N3O31. The minimum Gasteiger partial charge on any atom is -0.465 e. The van der Waals surface area contributed by atoms with E-state index in [0.717, 1.165) is 109 Å². The van der Waals surface area contributed by atoms with Gasteiger partial charge in [0.15, 0.2) is 29.0 Å². The molecule has 774 valence electrons. The number of rotatable bonds is 24. The Balaban J connectivity index is 0.000000130. The van der Waals surface area contributed by atoms with Gasteiger partial charge in [-0.1, -0.05) is 48.5 Å². The maximum atomic E-state index is 12.4. The standard InChI is InChI=1S/C17H21NO6.C16H21NO4.C16H24O4.C15H19NO4.2C15H22O4.C12H20O5/c1-4-16(2,3)14(20)22-7-11(19)23-12-9-5-10-13(12)24-15(21)17(10,6-9)8-18;1-4-15(2,3)13(18)20-7-10-9-5-11-12(10)21-14(19)16(11,6-9)8-17;1-4-16(2,3)15(18)20-13-10-5-9-6-11(8-10)14(17)19-12(13)7-9;1-4-14(2,3)12(17)19-10-8-5-9-11(10)20-13(18)15(9,6-8)7-16;1-4-14(2,3)13(17)19-15-7-9-5-10(8-15)18-12(16)11(15)6-9;1-4-14(2,3)13(17)19-15-7-9-5-10(8-15)12(16)18-11(15)6-9;1-4-12(2,3)11(14)17-8-6-16-9-7(13)5-15-10(8)9/h9-10,12-13H,4-7H2,1-3H3;9-12H,4-7H2,1-3H3;9-13H,4-8H2,1-3H3;8-11H,4-6H2,1-3H3;2*9-11H,4-8H2,1-3H3;7-10,13H,4-6H2,1-3H3. The highest BCUT2D eigenvalue weighted by molar-refractivity contribution is 5.88. The van der Waals surface area contributed by atoms with Crippen molar-refractivity contribution in [1.82, 2.24) is 0 Å². The SMILES string of the molecule is CCC(C)(C)C(=O)OC12CC3CC(C1)C(=O)OC2C3.CCC(C)(C)C(=O)OC12CC3CC(C1)OC(=O)C2C3.CCC(C)(C)C(=O)OC1C2CC3C1OC(=O)C3(C#N)C2.CCC(C)(C)C(=O)OC1C2CC3CC(C2)C(=O)OC1C3.CCC(C)(C)C(=O)OC1COC2C(O)COC12.CCC(C)(C)C(=O)OCC(=O)OC1C2CC3C1OC(=O)C3(C#N)C2.CCC(C)(C)C(=O)OCC1C2CC3C1OC(=O)C3(C#N)C2. The van der Waals surface area contributed by atoms with Crippen molar-refractivity contribution in [1.29, 1.82) is 15.8 Å². The highest BCUT2D eigenvalue weighted by Gasteiger charge is 2.76. The Kier molecular flexibility index (Phi) is 30.1. The number of fused-ring (bicyclic) bond motifs is 9. The Morgan fingerprint density at radius 1 is 0.371 bits per heavy atom. The molecular weight excluding hydrogens is 1810 g/mol. The Morgan fingerprint density at radius 2 is 0.807 bits per heavy atom. The van der Waals surface area contributed by atoms with Crippen LogP contribution in [0.4, 0.5) is 0 Å². The molecule has 32 atom stereocenters. The van der Waals surface area contributed by atoms with Crippen LogP contribution in [0.5, 0.6) is 0 Å². The molecule has 0 spiro atoms. The summed E-state index contributed by atoms with van der Waals surface area (Å²) in [4.78, 5) is 169. The molecule has 0 amide bonds. The van der Waals surface area contributed by atoms with Crippen molar-refractivity contribution < 1.29 is 148 Å². The van der Waals surface area contributed by atoms with Gasteiger partial charge in [-0.05, 0) is 268 Å². The number of esters is 14. The smallest absolute Gasteiger partial charge is 0.344 e. The van der Waals surface area contributed by atoms with Gasteiger partial charge in [0.05, 0.1) is 93.7 Å². The number of aliphatic hydroxyl groups is 1. The van der Waals surface area contributed by atoms with E-state index in [0.29, 0.717) is 88.3 Å². The molecule has 21 rings (SSSR count). The lowest BCUT2D eigenvalue weighted by Gasteiger charge is -2.44. The summed E-state index contributed by atoms with van der Waals surface area (Å²) in [6.45, 7) is 40.1. The van der Waals surface area contributed by atoms with Crippen LogP contribution in [0.15, 0.2) is 0 Å². The largest absolute Gasteiger partial charge is 0.465 e. The second-order valence-electron chi connectivity index (χ2n) is 48.5. The van der Waals surface area contributed by atoms with Gasteiger partial charge in [-0.25, -0.2) is 4.79 Å². The summed E-state index contributed by atoms with van der Waals surface area (Å²) in [7, 11) is 0. The van der Waals surface area contributed by atoms with Crippen LogP contribution in [-0.4, -0.2) is 206 Å². The highest BCUT2D eigenvalue weighted by atomic mass is 16.7. The van der Waals surface area contributed by atoms with Crippen molar-refractivity contribution in [3.05, 3.63) is 0 Å². The molecule has 21 fully saturated rings. The van der Waals surface area contributed by atoms with Gasteiger partial charge in [-0.2, -0.15) is 15.8 Å². The number of hydrogen-bond acceptors (Lipinski definition) is 34. The minimum absolute atomic E-state index is 0.0112. The molecule has 34 nitrogen and oxygen atoms in total. The first-order valence-electron chi connectivity index (χ1n) is 51.6. The van der Waals surface area contributed by atoms with Crippen LogP contribution >= 0.6 is 0 Å². The van der Waals surface area contributed by atoms with E-state index in [2.05, 4.69) is 18.2 Å². The van der Waals surface area contributed by atoms with Crippen LogP contribution < -0.4 is 0 Å². The Morgan fingerprint density at radius 3 is 1.34 bits per heavy atom. The molecule has 32 unspecified atom stereocenters. The van der Waals surface area contributed by atoms with Crippen molar-refractivity contribution in [2.24, 2.45) is 137 Å². The number of carbonyl (C=O) groups excluding carboxylic acids is 14. The molecule has 12 saturated carbocycles. The number of nitriles is 3. The zero-order chi connectivity index (χ0) is 103. The van der Waals surface area contributed by atoms with Crippen LogP contribution in [0.1, 0.15) is 306 Å². The van der Waals surface area contributed by atoms with E-state index in [1.807, 2.05) is 132 Å². The molecule has 16 bridgehead atoms. The summed E-state index contributed by atoms with van der Waals surface area (Å²) in [6.07, 6.45) is 14.5. The van der Waals surface area contributed by atoms with Crippen LogP contribution in [0.2, 0.25) is 0 Å². The normalized spacial score (nSPS) is 39.1. The van der Waals surface area contributed by atoms with Gasteiger partial charge in [-0.3, -0.25) is 62.3 Å². The zero-order valence-corrected chi connectivity index (χ0v) is 85.6. The fourth-order valence-corrected chi connectivity index (χ4v) is 25.0. The molecule has 140 heavy (non-hydrogen) atoms. The zero-order valence-electron chi connectivity index (χ0n) is 85.6. The van der Waals surface area contributed by atoms with Gasteiger partial charge in [-0.15, -0.1) is 0 Å². The second-order valence-corrected chi connectivity index (χ2v) is 48.5. The van der Waals surface area contributed by atoms with Crippen LogP contribution in [0, 0.1) is 171 Å². The van der Waals surface area contributed by atoms with Crippen LogP contribution in [0.25, 0.3) is 0 Å². The first-order valence-corrected chi connectivity index (χ1v) is 51.6. The van der Waals surface area contributed by atoms with Gasteiger partial charge < -0.3 is 80.9 Å². The van der Waals surface area contributed by atoms with E-state index in [-0.39, 0.29) is 174 Å². The second kappa shape index (κ2) is 39.5. The molecule has 12 aliphatic carbocycles. The summed E-state index contributed by atoms with van der Waals surface area (Å²) in [5, 5.41) is 37.6. The van der Waals surface area contributed by atoms with Crippen molar-refractivity contribution in [3.8, 4) is 18.2 Å². The minimum atomic E-state index is -1.06. The Bertz CT molecular complexity index is 4950. The van der Waals surface area contributed by atoms with Crippen molar-refractivity contribution in [2.75, 3.05) is 26.4 Å². The van der Waals surface area contributed by atoms with E-state index in [4.69, 9.17) is 75.8 Å². The maximum Gasteiger partial charge on any atom is 0.344 e. The maximum absolute atomic E-state index is 12.4. The predicted octanol–water partition coefficient (Wildman–Crippen LogP) is 13.3. The Labute approximate surface area is 821 Å². The summed E-state index contributed by atoms with van der Waals surface area (Å²) >= 11 is 0.